The van der Waals surface area contributed by atoms with Crippen molar-refractivity contribution in [1.82, 2.24) is 0 Å². The van der Waals surface area contributed by atoms with Crippen LogP contribution in [0.15, 0.2) is 48.0 Å². The van der Waals surface area contributed by atoms with Crippen LogP contribution < -0.4 is 18.9 Å². The Labute approximate surface area is 212 Å². The fraction of sp³-hybridized carbons (Fsp3) is 0.448. The highest BCUT2D eigenvalue weighted by Crippen LogP contribution is 2.30. The summed E-state index contributed by atoms with van der Waals surface area (Å²) in [5.41, 5.74) is 3.21. The third kappa shape index (κ3) is 11.5. The van der Waals surface area contributed by atoms with Crippen LogP contribution in [0.2, 0.25) is 25.7 Å². The maximum Gasteiger partial charge on any atom is 0.189 e. The molecule has 0 unspecified atom stereocenters. The average molecular weight is 499 g/mol. The lowest BCUT2D eigenvalue weighted by Crippen LogP contribution is -2.22. The molecule has 6 heteroatoms. The zero-order valence-corrected chi connectivity index (χ0v) is 23.6. The van der Waals surface area contributed by atoms with E-state index in [2.05, 4.69) is 39.6 Å². The summed E-state index contributed by atoms with van der Waals surface area (Å²) in [5.74, 6) is 2.89. The van der Waals surface area contributed by atoms with Gasteiger partial charge in [-0.1, -0.05) is 43.4 Å². The standard InChI is InChI=1S/C29H42O5Si/c1-22(2)13-14-32-26-17-25(18-27(20-26)34-23(3)4)10-9-24-11-12-28(29(19-24)30-5)33-21-31-15-16-35(6,7)8/h9-13,17-20,23H,14-16,21H2,1-8H3. The van der Waals surface area contributed by atoms with Gasteiger partial charge in [-0.15, -0.1) is 0 Å². The van der Waals surface area contributed by atoms with Crippen molar-refractivity contribution in [1.29, 1.82) is 0 Å². The van der Waals surface area contributed by atoms with E-state index in [0.29, 0.717) is 18.1 Å². The number of benzene rings is 2. The Morgan fingerprint density at radius 3 is 2.26 bits per heavy atom. The smallest absolute Gasteiger partial charge is 0.189 e. The summed E-state index contributed by atoms with van der Waals surface area (Å²) in [4.78, 5) is 0. The van der Waals surface area contributed by atoms with E-state index < -0.39 is 8.07 Å². The molecule has 0 saturated heterocycles. The molecule has 192 valence electrons. The van der Waals surface area contributed by atoms with Crippen molar-refractivity contribution < 1.29 is 23.7 Å². The first kappa shape index (κ1) is 28.5. The minimum Gasteiger partial charge on any atom is -0.493 e. The highest BCUT2D eigenvalue weighted by molar-refractivity contribution is 6.76. The van der Waals surface area contributed by atoms with Crippen molar-refractivity contribution in [2.75, 3.05) is 27.1 Å². The fourth-order valence-electron chi connectivity index (χ4n) is 3.06. The van der Waals surface area contributed by atoms with Crippen molar-refractivity contribution in [2.24, 2.45) is 0 Å². The highest BCUT2D eigenvalue weighted by Gasteiger charge is 2.12. The molecule has 2 aromatic carbocycles. The lowest BCUT2D eigenvalue weighted by Gasteiger charge is -2.16. The molecule has 2 rings (SSSR count). The molecule has 0 atom stereocenters. The summed E-state index contributed by atoms with van der Waals surface area (Å²) in [6, 6.07) is 12.9. The molecule has 5 nitrogen and oxygen atoms in total. The maximum atomic E-state index is 5.93. The molecule has 0 spiro atoms. The van der Waals surface area contributed by atoms with E-state index >= 15 is 0 Å². The van der Waals surface area contributed by atoms with Gasteiger partial charge in [0, 0.05) is 20.7 Å². The third-order valence-corrected chi connectivity index (χ3v) is 6.67. The van der Waals surface area contributed by atoms with Gasteiger partial charge in [0.05, 0.1) is 13.2 Å². The molecule has 0 aromatic heterocycles. The number of allylic oxidation sites excluding steroid dienone is 1. The lowest BCUT2D eigenvalue weighted by molar-refractivity contribution is 0.0205. The number of methoxy groups -OCH3 is 1. The predicted octanol–water partition coefficient (Wildman–Crippen LogP) is 7.69. The second-order valence-corrected chi connectivity index (χ2v) is 15.8. The van der Waals surface area contributed by atoms with E-state index in [4.69, 9.17) is 23.7 Å². The summed E-state index contributed by atoms with van der Waals surface area (Å²) in [6.07, 6.45) is 6.20. The normalized spacial score (nSPS) is 11.6. The molecule has 0 aliphatic rings. The molecule has 0 heterocycles. The molecular weight excluding hydrogens is 456 g/mol. The molecule has 2 aromatic rings. The maximum absolute atomic E-state index is 5.93. The van der Waals surface area contributed by atoms with Crippen LogP contribution >= 0.6 is 0 Å². The molecule has 0 fully saturated rings. The first-order valence-electron chi connectivity index (χ1n) is 12.2. The average Bonchev–Trinajstić information content (AvgIpc) is 2.76. The zero-order valence-electron chi connectivity index (χ0n) is 22.6. The molecule has 0 aliphatic heterocycles. The zero-order chi connectivity index (χ0) is 25.8. The van der Waals surface area contributed by atoms with E-state index in [0.717, 1.165) is 35.3 Å². The lowest BCUT2D eigenvalue weighted by atomic mass is 10.1. The van der Waals surface area contributed by atoms with Gasteiger partial charge in [-0.2, -0.15) is 0 Å². The van der Waals surface area contributed by atoms with Crippen molar-refractivity contribution in [3.63, 3.8) is 0 Å². The van der Waals surface area contributed by atoms with Crippen molar-refractivity contribution >= 4 is 20.2 Å². The monoisotopic (exact) mass is 498 g/mol. The predicted molar refractivity (Wildman–Crippen MR) is 149 cm³/mol. The molecule has 0 bridgehead atoms. The Morgan fingerprint density at radius 1 is 0.886 bits per heavy atom. The molecular formula is C29H42O5Si. The molecule has 0 saturated carbocycles. The van der Waals surface area contributed by atoms with Gasteiger partial charge in [-0.3, -0.25) is 0 Å². The molecule has 35 heavy (non-hydrogen) atoms. The van der Waals surface area contributed by atoms with Gasteiger partial charge < -0.3 is 23.7 Å². The van der Waals surface area contributed by atoms with E-state index in [1.807, 2.05) is 62.4 Å². The second-order valence-electron chi connectivity index (χ2n) is 10.2. The summed E-state index contributed by atoms with van der Waals surface area (Å²) < 4.78 is 28.8. The summed E-state index contributed by atoms with van der Waals surface area (Å²) >= 11 is 0. The van der Waals surface area contributed by atoms with Gasteiger partial charge in [0.15, 0.2) is 18.3 Å². The number of hydrogen-bond donors (Lipinski definition) is 0. The summed E-state index contributed by atoms with van der Waals surface area (Å²) in [6.45, 7) is 16.6. The van der Waals surface area contributed by atoms with Gasteiger partial charge in [0.25, 0.3) is 0 Å². The van der Waals surface area contributed by atoms with Crippen molar-refractivity contribution in [3.8, 4) is 23.0 Å². The van der Waals surface area contributed by atoms with Gasteiger partial charge in [0.1, 0.15) is 18.1 Å². The minimum absolute atomic E-state index is 0.0798. The molecule has 0 N–H and O–H groups in total. The van der Waals surface area contributed by atoms with Crippen LogP contribution in [0.5, 0.6) is 23.0 Å². The van der Waals surface area contributed by atoms with Crippen molar-refractivity contribution in [2.45, 2.75) is 59.5 Å². The van der Waals surface area contributed by atoms with Gasteiger partial charge in [-0.25, -0.2) is 0 Å². The SMILES string of the molecule is COc1cc(C=Cc2cc(OCC=C(C)C)cc(OC(C)C)c2)ccc1OCOCC[Si](C)(C)C. The topological polar surface area (TPSA) is 46.2 Å². The fourth-order valence-corrected chi connectivity index (χ4v) is 3.82. The van der Waals surface area contributed by atoms with Gasteiger partial charge >= 0.3 is 0 Å². The highest BCUT2D eigenvalue weighted by atomic mass is 28.3. The van der Waals surface area contributed by atoms with Crippen LogP contribution in [0.3, 0.4) is 0 Å². The number of hydrogen-bond acceptors (Lipinski definition) is 5. The molecule has 0 amide bonds. The van der Waals surface area contributed by atoms with E-state index in [9.17, 15) is 0 Å². The third-order valence-electron chi connectivity index (χ3n) is 4.97. The van der Waals surface area contributed by atoms with Crippen LogP contribution in [-0.4, -0.2) is 41.3 Å². The number of rotatable bonds is 14. The van der Waals surface area contributed by atoms with Crippen molar-refractivity contribution in [3.05, 3.63) is 59.2 Å². The largest absolute Gasteiger partial charge is 0.493 e. The van der Waals surface area contributed by atoms with Crippen LogP contribution in [0.1, 0.15) is 38.8 Å². The Morgan fingerprint density at radius 2 is 1.60 bits per heavy atom. The first-order chi connectivity index (χ1) is 16.6. The number of ether oxygens (including phenoxy) is 5. The Balaban J connectivity index is 2.10. The van der Waals surface area contributed by atoms with Gasteiger partial charge in [0.2, 0.25) is 0 Å². The van der Waals surface area contributed by atoms with E-state index in [1.54, 1.807) is 7.11 Å². The van der Waals surface area contributed by atoms with Crippen LogP contribution in [0, 0.1) is 0 Å². The molecule has 0 aliphatic carbocycles. The minimum atomic E-state index is -1.11. The van der Waals surface area contributed by atoms with E-state index in [-0.39, 0.29) is 12.9 Å². The summed E-state index contributed by atoms with van der Waals surface area (Å²) in [5, 5.41) is 0. The van der Waals surface area contributed by atoms with Crippen LogP contribution in [-0.2, 0) is 4.74 Å². The Kier molecular flexibility index (Phi) is 11.4. The first-order valence-corrected chi connectivity index (χ1v) is 15.9. The molecule has 0 radical (unpaired) electrons. The second kappa shape index (κ2) is 14.0. The van der Waals surface area contributed by atoms with E-state index in [1.165, 1.54) is 5.57 Å². The van der Waals surface area contributed by atoms with Crippen LogP contribution in [0.25, 0.3) is 12.2 Å². The quantitative estimate of drug-likeness (QED) is 0.0878. The Bertz CT molecular complexity index is 985. The Hall–Kier alpha value is -2.70. The van der Waals surface area contributed by atoms with Crippen LogP contribution in [0.4, 0.5) is 0 Å². The van der Waals surface area contributed by atoms with Gasteiger partial charge in [-0.05, 0) is 75.2 Å². The summed E-state index contributed by atoms with van der Waals surface area (Å²) in [7, 11) is 0.536.